The topological polar surface area (TPSA) is 174 Å². The van der Waals surface area contributed by atoms with Crippen molar-refractivity contribution in [2.24, 2.45) is 16.5 Å². The molecule has 0 radical (unpaired) electrons. The number of aliphatic imine (C=N–C) groups is 1. The Kier molecular flexibility index (Phi) is 6.75. The minimum atomic E-state index is -2.11. The zero-order chi connectivity index (χ0) is 18.4. The average Bonchev–Trinajstić information content (AvgIpc) is 2.31. The minimum Gasteiger partial charge on any atom is -0.479 e. The highest BCUT2D eigenvalue weighted by Gasteiger charge is 2.52. The van der Waals surface area contributed by atoms with E-state index in [-0.39, 0.29) is 30.4 Å². The van der Waals surface area contributed by atoms with Crippen LogP contribution in [0.25, 0.3) is 0 Å². The molecule has 0 rings (SSSR count). The van der Waals surface area contributed by atoms with Crippen molar-refractivity contribution in [2.45, 2.75) is 51.7 Å². The van der Waals surface area contributed by atoms with Crippen LogP contribution in [0.3, 0.4) is 0 Å². The molecule has 11 heteroatoms. The van der Waals surface area contributed by atoms with Gasteiger partial charge in [0.25, 0.3) is 0 Å². The number of hydrogen-bond donors (Lipinski definition) is 3. The van der Waals surface area contributed by atoms with Crippen LogP contribution >= 0.6 is 0 Å². The first-order valence-electron chi connectivity index (χ1n) is 6.77. The molecule has 11 nitrogen and oxygen atoms in total. The largest absolute Gasteiger partial charge is 0.479 e. The summed E-state index contributed by atoms with van der Waals surface area (Å²) in [6.07, 6.45) is -1.47. The van der Waals surface area contributed by atoms with E-state index in [0.29, 0.717) is 0 Å². The van der Waals surface area contributed by atoms with Gasteiger partial charge in [0.15, 0.2) is 11.0 Å². The van der Waals surface area contributed by atoms with E-state index in [1.807, 2.05) is 0 Å². The van der Waals surface area contributed by atoms with Crippen molar-refractivity contribution < 1.29 is 24.5 Å². The Morgan fingerprint density at radius 2 is 1.83 bits per heavy atom. The number of hydrogen-bond acceptors (Lipinski definition) is 6. The summed E-state index contributed by atoms with van der Waals surface area (Å²) in [5.74, 6) is -1.72. The fourth-order valence-corrected chi connectivity index (χ4v) is 1.69. The molecule has 0 aliphatic rings. The van der Waals surface area contributed by atoms with Crippen LogP contribution in [0.2, 0.25) is 0 Å². The first-order valence-corrected chi connectivity index (χ1v) is 6.77. The molecule has 0 bridgehead atoms. The Morgan fingerprint density at radius 1 is 1.30 bits per heavy atom. The van der Waals surface area contributed by atoms with Gasteiger partial charge in [-0.25, -0.2) is 19.7 Å². The minimum absolute atomic E-state index is 0.0178. The Morgan fingerprint density at radius 3 is 2.17 bits per heavy atom. The third-order valence-corrected chi connectivity index (χ3v) is 2.77. The van der Waals surface area contributed by atoms with E-state index in [9.17, 15) is 24.8 Å². The van der Waals surface area contributed by atoms with E-state index in [2.05, 4.69) is 4.99 Å². The summed E-state index contributed by atoms with van der Waals surface area (Å²) in [6, 6.07) is 0. The molecule has 0 aliphatic carbocycles. The molecule has 0 aromatic rings. The zero-order valence-corrected chi connectivity index (χ0v) is 13.6. The maximum atomic E-state index is 12.0. The van der Waals surface area contributed by atoms with Gasteiger partial charge in [0.1, 0.15) is 5.60 Å². The van der Waals surface area contributed by atoms with Crippen LogP contribution in [0.1, 0.15) is 40.5 Å². The number of hydrazine groups is 1. The number of nitrogens with zero attached hydrogens (tertiary/aromatic N) is 3. The fraction of sp³-hybridized carbons (Fsp3) is 0.750. The maximum Gasteiger partial charge on any atom is 0.469 e. The third-order valence-electron chi connectivity index (χ3n) is 2.77. The van der Waals surface area contributed by atoms with Crippen molar-refractivity contribution in [2.75, 3.05) is 6.54 Å². The van der Waals surface area contributed by atoms with E-state index in [1.54, 1.807) is 0 Å². The number of nitro groups is 1. The Hall–Kier alpha value is -2.59. The second kappa shape index (κ2) is 7.61. The summed E-state index contributed by atoms with van der Waals surface area (Å²) in [7, 11) is 0. The summed E-state index contributed by atoms with van der Waals surface area (Å²) >= 11 is 0. The average molecular weight is 333 g/mol. The van der Waals surface area contributed by atoms with E-state index in [1.165, 1.54) is 20.8 Å². The normalized spacial score (nSPS) is 13.6. The molecule has 1 atom stereocenters. The van der Waals surface area contributed by atoms with Crippen LogP contribution in [0.4, 0.5) is 4.79 Å². The molecular formula is C12H23N5O6. The predicted octanol–water partition coefficient (Wildman–Crippen LogP) is 0.312. The molecule has 0 aliphatic heterocycles. The second-order valence-electron chi connectivity index (χ2n) is 6.02. The van der Waals surface area contributed by atoms with Crippen LogP contribution in [-0.2, 0) is 9.53 Å². The molecule has 5 N–H and O–H groups in total. The number of carboxylic acid groups (broad SMARTS) is 1. The van der Waals surface area contributed by atoms with Crippen molar-refractivity contribution in [3.8, 4) is 0 Å². The van der Waals surface area contributed by atoms with Crippen molar-refractivity contribution in [1.29, 1.82) is 0 Å². The van der Waals surface area contributed by atoms with Crippen LogP contribution in [0, 0.1) is 10.1 Å². The van der Waals surface area contributed by atoms with Crippen molar-refractivity contribution >= 4 is 18.0 Å². The van der Waals surface area contributed by atoms with E-state index >= 15 is 0 Å². The highest BCUT2D eigenvalue weighted by Crippen LogP contribution is 2.25. The van der Waals surface area contributed by atoms with Gasteiger partial charge in [0, 0.05) is 6.54 Å². The molecule has 0 heterocycles. The van der Waals surface area contributed by atoms with Gasteiger partial charge in [-0.05, 0) is 45.5 Å². The van der Waals surface area contributed by atoms with Crippen LogP contribution < -0.4 is 11.5 Å². The molecule has 0 aromatic heterocycles. The van der Waals surface area contributed by atoms with Crippen LogP contribution in [0.15, 0.2) is 4.99 Å². The van der Waals surface area contributed by atoms with E-state index < -0.39 is 28.2 Å². The molecule has 0 aromatic carbocycles. The van der Waals surface area contributed by atoms with Gasteiger partial charge in [-0.15, -0.1) is 0 Å². The smallest absolute Gasteiger partial charge is 0.469 e. The number of carbonyl (C=O) groups excluding carboxylic acids is 1. The van der Waals surface area contributed by atoms with Gasteiger partial charge >= 0.3 is 12.1 Å². The molecular weight excluding hydrogens is 310 g/mol. The number of amides is 1. The monoisotopic (exact) mass is 333 g/mol. The summed E-state index contributed by atoms with van der Waals surface area (Å²) in [5, 5.41) is 19.5. The number of carboxylic acids is 1. The predicted molar refractivity (Wildman–Crippen MR) is 81.0 cm³/mol. The molecule has 23 heavy (non-hydrogen) atoms. The number of aliphatic carboxylic acids is 1. The summed E-state index contributed by atoms with van der Waals surface area (Å²) in [4.78, 5) is 38.4. The Balaban J connectivity index is 5.38. The Labute approximate surface area is 133 Å². The SMILES string of the molecule is CC(C)(C)OC(=O)N([N+](=O)[O-])[C@@](C)(CCCN=C(N)N)C(=O)O. The van der Waals surface area contributed by atoms with Crippen LogP contribution in [-0.4, -0.2) is 50.9 Å². The Bertz CT molecular complexity index is 497. The quantitative estimate of drug-likeness (QED) is 0.196. The number of ether oxygens (including phenoxy) is 1. The molecule has 0 saturated carbocycles. The number of guanidine groups is 1. The summed E-state index contributed by atoms with van der Waals surface area (Å²) in [6.45, 7) is 5.68. The molecule has 0 unspecified atom stereocenters. The third kappa shape index (κ3) is 6.36. The van der Waals surface area contributed by atoms with E-state index in [4.69, 9.17) is 16.2 Å². The van der Waals surface area contributed by atoms with Gasteiger partial charge in [-0.1, -0.05) is 0 Å². The highest BCUT2D eigenvalue weighted by atomic mass is 16.7. The van der Waals surface area contributed by atoms with Gasteiger partial charge in [-0.2, -0.15) is 0 Å². The van der Waals surface area contributed by atoms with Crippen molar-refractivity contribution in [1.82, 2.24) is 5.01 Å². The first-order chi connectivity index (χ1) is 10.3. The number of carbonyl (C=O) groups is 2. The molecule has 0 fully saturated rings. The highest BCUT2D eigenvalue weighted by molar-refractivity contribution is 5.83. The van der Waals surface area contributed by atoms with Gasteiger partial charge < -0.3 is 21.3 Å². The van der Waals surface area contributed by atoms with Crippen molar-refractivity contribution in [3.05, 3.63) is 10.1 Å². The molecule has 0 spiro atoms. The number of rotatable bonds is 7. The standard InChI is InChI=1S/C12H23N5O6/c1-11(2,3)23-10(20)16(17(21)22)12(4,8(18)19)6-5-7-15-9(13)14/h5-7H2,1-4H3,(H,18,19)(H4,13,14,15)/t12-/m0/s1. The van der Waals surface area contributed by atoms with Crippen LogP contribution in [0.5, 0.6) is 0 Å². The first kappa shape index (κ1) is 20.4. The summed E-state index contributed by atoms with van der Waals surface area (Å²) in [5.41, 5.74) is 7.18. The molecule has 1 amide bonds. The van der Waals surface area contributed by atoms with Gasteiger partial charge in [0.05, 0.1) is 0 Å². The lowest BCUT2D eigenvalue weighted by atomic mass is 9.95. The maximum absolute atomic E-state index is 12.0. The second-order valence-corrected chi connectivity index (χ2v) is 6.02. The lowest BCUT2D eigenvalue weighted by molar-refractivity contribution is -0.650. The lowest BCUT2D eigenvalue weighted by Crippen LogP contribution is -2.58. The molecule has 0 saturated heterocycles. The van der Waals surface area contributed by atoms with E-state index in [0.717, 1.165) is 6.92 Å². The summed E-state index contributed by atoms with van der Waals surface area (Å²) < 4.78 is 4.92. The zero-order valence-electron chi connectivity index (χ0n) is 13.6. The van der Waals surface area contributed by atoms with Gasteiger partial charge in [0.2, 0.25) is 5.54 Å². The number of nitrogens with two attached hydrogens (primary N) is 2. The molecule has 132 valence electrons. The fourth-order valence-electron chi connectivity index (χ4n) is 1.69. The lowest BCUT2D eigenvalue weighted by Gasteiger charge is -2.30. The van der Waals surface area contributed by atoms with Crippen molar-refractivity contribution in [3.63, 3.8) is 0 Å². The van der Waals surface area contributed by atoms with Gasteiger partial charge in [-0.3, -0.25) is 4.99 Å².